The SMILES string of the molecule is CCOc1cc2ccc3c(c2cc1OCC)N=CC1(O3)N(C)c2ccccc2C1(C)C. The average Bonchev–Trinajstić information content (AvgIpc) is 2.93. The van der Waals surface area contributed by atoms with Crippen LogP contribution in [0.3, 0.4) is 0 Å². The Morgan fingerprint density at radius 1 is 0.968 bits per heavy atom. The van der Waals surface area contributed by atoms with E-state index in [1.807, 2.05) is 38.3 Å². The molecule has 2 aliphatic heterocycles. The Labute approximate surface area is 183 Å². The molecule has 1 unspecified atom stereocenters. The minimum atomic E-state index is -0.689. The molecule has 3 aromatic rings. The normalized spacial score (nSPS) is 20.5. The molecular formula is C26H28N2O3. The number of benzene rings is 3. The molecular weight excluding hydrogens is 388 g/mol. The Morgan fingerprint density at radius 3 is 2.39 bits per heavy atom. The van der Waals surface area contributed by atoms with Crippen molar-refractivity contribution in [1.82, 2.24) is 0 Å². The van der Waals surface area contributed by atoms with Gasteiger partial charge in [-0.15, -0.1) is 0 Å². The second kappa shape index (κ2) is 6.91. The van der Waals surface area contributed by atoms with E-state index in [1.54, 1.807) is 0 Å². The number of nitrogens with zero attached hydrogens (tertiary/aromatic N) is 2. The molecule has 0 aromatic heterocycles. The van der Waals surface area contributed by atoms with Crippen LogP contribution in [-0.4, -0.2) is 32.2 Å². The average molecular weight is 417 g/mol. The van der Waals surface area contributed by atoms with Crippen molar-refractivity contribution in [1.29, 1.82) is 0 Å². The van der Waals surface area contributed by atoms with E-state index >= 15 is 0 Å². The molecule has 1 atom stereocenters. The van der Waals surface area contributed by atoms with E-state index in [4.69, 9.17) is 19.2 Å². The van der Waals surface area contributed by atoms with E-state index in [0.29, 0.717) is 13.2 Å². The van der Waals surface area contributed by atoms with Crippen molar-refractivity contribution in [2.24, 2.45) is 4.99 Å². The zero-order valence-corrected chi connectivity index (χ0v) is 18.7. The van der Waals surface area contributed by atoms with Gasteiger partial charge < -0.3 is 19.1 Å². The van der Waals surface area contributed by atoms with Crippen LogP contribution < -0.4 is 19.1 Å². The first-order valence-electron chi connectivity index (χ1n) is 10.9. The smallest absolute Gasteiger partial charge is 0.228 e. The predicted octanol–water partition coefficient (Wildman–Crippen LogP) is 5.86. The molecule has 0 saturated heterocycles. The van der Waals surface area contributed by atoms with Crippen LogP contribution in [0.1, 0.15) is 33.3 Å². The van der Waals surface area contributed by atoms with E-state index in [2.05, 4.69) is 56.1 Å². The minimum Gasteiger partial charge on any atom is -0.490 e. The second-order valence-corrected chi connectivity index (χ2v) is 8.56. The van der Waals surface area contributed by atoms with Gasteiger partial charge >= 0.3 is 0 Å². The van der Waals surface area contributed by atoms with Crippen molar-refractivity contribution in [3.05, 3.63) is 54.1 Å². The molecule has 0 fully saturated rings. The fourth-order valence-corrected chi connectivity index (χ4v) is 4.92. The van der Waals surface area contributed by atoms with Crippen molar-refractivity contribution in [2.45, 2.75) is 38.8 Å². The van der Waals surface area contributed by atoms with E-state index in [1.165, 1.54) is 11.3 Å². The van der Waals surface area contributed by atoms with E-state index in [-0.39, 0.29) is 5.41 Å². The third-order valence-electron chi connectivity index (χ3n) is 6.59. The molecule has 5 heteroatoms. The predicted molar refractivity (Wildman–Crippen MR) is 126 cm³/mol. The van der Waals surface area contributed by atoms with E-state index < -0.39 is 5.72 Å². The van der Waals surface area contributed by atoms with Crippen LogP contribution in [0.5, 0.6) is 17.2 Å². The molecule has 31 heavy (non-hydrogen) atoms. The van der Waals surface area contributed by atoms with Crippen molar-refractivity contribution < 1.29 is 14.2 Å². The summed E-state index contributed by atoms with van der Waals surface area (Å²) < 4.78 is 18.4. The highest BCUT2D eigenvalue weighted by Gasteiger charge is 2.58. The first-order valence-corrected chi connectivity index (χ1v) is 10.9. The van der Waals surface area contributed by atoms with Gasteiger partial charge in [0, 0.05) is 18.1 Å². The number of likely N-dealkylation sites (N-methyl/N-ethyl adjacent to an activating group) is 1. The summed E-state index contributed by atoms with van der Waals surface area (Å²) in [7, 11) is 2.08. The van der Waals surface area contributed by atoms with Gasteiger partial charge in [0.05, 0.1) is 24.8 Å². The van der Waals surface area contributed by atoms with Gasteiger partial charge in [0.15, 0.2) is 11.5 Å². The van der Waals surface area contributed by atoms with E-state index in [9.17, 15) is 0 Å². The maximum atomic E-state index is 6.78. The van der Waals surface area contributed by atoms with Crippen LogP contribution in [-0.2, 0) is 5.41 Å². The van der Waals surface area contributed by atoms with Crippen molar-refractivity contribution in [3.63, 3.8) is 0 Å². The van der Waals surface area contributed by atoms with Gasteiger partial charge in [0.1, 0.15) is 11.4 Å². The Balaban J connectivity index is 1.65. The Morgan fingerprint density at radius 2 is 1.68 bits per heavy atom. The summed E-state index contributed by atoms with van der Waals surface area (Å²) in [6.07, 6.45) is 1.96. The van der Waals surface area contributed by atoms with Gasteiger partial charge in [-0.25, -0.2) is 0 Å². The summed E-state index contributed by atoms with van der Waals surface area (Å²) in [5.41, 5.74) is 2.29. The zero-order chi connectivity index (χ0) is 21.8. The first-order chi connectivity index (χ1) is 14.9. The summed E-state index contributed by atoms with van der Waals surface area (Å²) in [6, 6.07) is 16.6. The summed E-state index contributed by atoms with van der Waals surface area (Å²) >= 11 is 0. The molecule has 0 aliphatic carbocycles. The number of fused-ring (bicyclic) bond motifs is 4. The lowest BCUT2D eigenvalue weighted by molar-refractivity contribution is 0.0826. The molecule has 0 radical (unpaired) electrons. The van der Waals surface area contributed by atoms with Crippen LogP contribution >= 0.6 is 0 Å². The van der Waals surface area contributed by atoms with Gasteiger partial charge in [-0.1, -0.05) is 24.3 Å². The fraction of sp³-hybridized carbons (Fsp3) is 0.346. The molecule has 0 amide bonds. The minimum absolute atomic E-state index is 0.274. The molecule has 160 valence electrons. The summed E-state index contributed by atoms with van der Waals surface area (Å²) in [6.45, 7) is 9.54. The summed E-state index contributed by atoms with van der Waals surface area (Å²) in [5, 5.41) is 2.04. The molecule has 5 nitrogen and oxygen atoms in total. The van der Waals surface area contributed by atoms with Crippen LogP contribution in [0.15, 0.2) is 53.5 Å². The highest BCUT2D eigenvalue weighted by molar-refractivity contribution is 6.01. The van der Waals surface area contributed by atoms with Gasteiger partial charge in [-0.3, -0.25) is 4.99 Å². The van der Waals surface area contributed by atoms with Gasteiger partial charge in [0.2, 0.25) is 5.72 Å². The number of anilines is 1. The lowest BCUT2D eigenvalue weighted by atomic mass is 9.77. The first kappa shape index (κ1) is 19.7. The number of aliphatic imine (C=N–C) groups is 1. The highest BCUT2D eigenvalue weighted by Crippen LogP contribution is 2.54. The number of ether oxygens (including phenoxy) is 3. The maximum Gasteiger partial charge on any atom is 0.228 e. The molecule has 2 heterocycles. The van der Waals surface area contributed by atoms with Gasteiger partial charge in [-0.05, 0) is 62.9 Å². The maximum absolute atomic E-state index is 6.78. The van der Waals surface area contributed by atoms with Crippen molar-refractivity contribution in [2.75, 3.05) is 25.2 Å². The van der Waals surface area contributed by atoms with E-state index in [0.717, 1.165) is 33.7 Å². The van der Waals surface area contributed by atoms with Crippen LogP contribution in [0.4, 0.5) is 11.4 Å². The zero-order valence-electron chi connectivity index (χ0n) is 18.7. The molecule has 0 bridgehead atoms. The molecule has 0 N–H and O–H groups in total. The lowest BCUT2D eigenvalue weighted by Crippen LogP contribution is -2.61. The monoisotopic (exact) mass is 416 g/mol. The standard InChI is InChI=1S/C26H28N2O3/c1-6-29-22-14-17-12-13-21-24(18(17)15-23(22)30-7-2)27-16-26(31-21)25(3,4)19-10-8-9-11-20(19)28(26)5/h8-16H,6-7H2,1-5H3. The third kappa shape index (κ3) is 2.65. The van der Waals surface area contributed by atoms with Crippen LogP contribution in [0.2, 0.25) is 0 Å². The van der Waals surface area contributed by atoms with Crippen molar-refractivity contribution >= 4 is 28.4 Å². The molecule has 5 rings (SSSR count). The topological polar surface area (TPSA) is 43.3 Å². The van der Waals surface area contributed by atoms with Crippen molar-refractivity contribution in [3.8, 4) is 17.2 Å². The quantitative estimate of drug-likeness (QED) is 0.535. The molecule has 1 spiro atoms. The summed E-state index contributed by atoms with van der Waals surface area (Å²) in [5.74, 6) is 2.25. The number of hydrogen-bond donors (Lipinski definition) is 0. The van der Waals surface area contributed by atoms with Gasteiger partial charge in [-0.2, -0.15) is 0 Å². The summed E-state index contributed by atoms with van der Waals surface area (Å²) in [4.78, 5) is 7.17. The fourth-order valence-electron chi connectivity index (χ4n) is 4.92. The Bertz CT molecular complexity index is 1200. The lowest BCUT2D eigenvalue weighted by Gasteiger charge is -2.45. The third-order valence-corrected chi connectivity index (χ3v) is 6.59. The molecule has 0 saturated carbocycles. The number of para-hydroxylation sites is 1. The van der Waals surface area contributed by atoms with Crippen LogP contribution in [0.25, 0.3) is 10.8 Å². The molecule has 2 aliphatic rings. The number of rotatable bonds is 4. The van der Waals surface area contributed by atoms with Gasteiger partial charge in [0.25, 0.3) is 0 Å². The largest absolute Gasteiger partial charge is 0.490 e. The van der Waals surface area contributed by atoms with Crippen LogP contribution in [0, 0.1) is 0 Å². The highest BCUT2D eigenvalue weighted by atomic mass is 16.5. The number of hydrogen-bond acceptors (Lipinski definition) is 5. The Hall–Kier alpha value is -3.21. The molecule has 3 aromatic carbocycles. The Kier molecular flexibility index (Phi) is 4.40. The second-order valence-electron chi connectivity index (χ2n) is 8.56.